The van der Waals surface area contributed by atoms with Gasteiger partial charge in [0.15, 0.2) is 0 Å². The molecule has 0 saturated carbocycles. The number of carbonyl (C=O) groups is 2. The number of hydrogen-bond acceptors (Lipinski definition) is 5. The van der Waals surface area contributed by atoms with Gasteiger partial charge in [0.25, 0.3) is 0 Å². The smallest absolute Gasteiger partial charge is 0.410 e. The van der Waals surface area contributed by atoms with E-state index in [0.29, 0.717) is 17.7 Å². The van der Waals surface area contributed by atoms with Crippen molar-refractivity contribution in [3.63, 3.8) is 0 Å². The zero-order chi connectivity index (χ0) is 18.3. The summed E-state index contributed by atoms with van der Waals surface area (Å²) in [5.74, 6) is -0.861. The Morgan fingerprint density at radius 3 is 2.46 bits per heavy atom. The molecule has 1 atom stereocenters. The van der Waals surface area contributed by atoms with Gasteiger partial charge in [-0.25, -0.2) is 9.59 Å². The molecule has 1 aromatic rings. The highest BCUT2D eigenvalue weighted by Gasteiger charge is 2.41. The first-order valence-electron chi connectivity index (χ1n) is 7.87. The number of hydrogen-bond donors (Lipinski definition) is 1. The van der Waals surface area contributed by atoms with Crippen molar-refractivity contribution in [1.29, 1.82) is 0 Å². The third-order valence-electron chi connectivity index (χ3n) is 4.41. The number of carboxylic acids is 1. The number of aromatic carboxylic acids is 1. The maximum Gasteiger partial charge on any atom is 0.410 e. The van der Waals surface area contributed by atoms with Crippen LogP contribution in [-0.2, 0) is 17.6 Å². The molecule has 1 heterocycles. The minimum atomic E-state index is -0.861. The van der Waals surface area contributed by atoms with Crippen molar-refractivity contribution in [3.05, 3.63) is 16.0 Å². The van der Waals surface area contributed by atoms with Crippen LogP contribution in [0, 0.1) is 0 Å². The van der Waals surface area contributed by atoms with Gasteiger partial charge in [-0.2, -0.15) is 0 Å². The molecule has 1 aromatic heterocycles. The minimum absolute atomic E-state index is 0.340. The van der Waals surface area contributed by atoms with Crippen LogP contribution in [-0.4, -0.2) is 46.5 Å². The number of carboxylic acid groups (broad SMARTS) is 1. The summed E-state index contributed by atoms with van der Waals surface area (Å²) in [6.45, 7) is 7.60. The van der Waals surface area contributed by atoms with Crippen molar-refractivity contribution in [3.8, 4) is 0 Å². The van der Waals surface area contributed by atoms with Crippen LogP contribution in [0.3, 0.4) is 0 Å². The molecule has 2 rings (SSSR count). The molecular weight excluding hydrogens is 346 g/mol. The summed E-state index contributed by atoms with van der Waals surface area (Å²) in [5.41, 5.74) is 1.10. The zero-order valence-corrected chi connectivity index (χ0v) is 16.7. The summed E-state index contributed by atoms with van der Waals surface area (Å²) in [5, 5.41) is 9.42. The molecule has 0 radical (unpaired) electrons. The summed E-state index contributed by atoms with van der Waals surface area (Å²) < 4.78 is 6.53. The maximum absolute atomic E-state index is 12.5. The lowest BCUT2D eigenvalue weighted by molar-refractivity contribution is 0.00535. The van der Waals surface area contributed by atoms with E-state index >= 15 is 0 Å². The number of amides is 1. The van der Waals surface area contributed by atoms with Gasteiger partial charge < -0.3 is 14.7 Å². The third-order valence-corrected chi connectivity index (χ3v) is 6.83. The molecule has 5 nitrogen and oxygen atoms in total. The number of ether oxygens (including phenoxy) is 1. The number of fused-ring (bicyclic) bond motifs is 1. The average Bonchev–Trinajstić information content (AvgIpc) is 2.82. The van der Waals surface area contributed by atoms with Gasteiger partial charge in [-0.05, 0) is 64.3 Å². The fourth-order valence-electron chi connectivity index (χ4n) is 2.96. The van der Waals surface area contributed by atoms with Crippen LogP contribution in [0.2, 0.25) is 0 Å². The SMILES string of the molecule is CSc1sc(C(=O)O)c2c1CC(C)(N(C)C(=O)OC(C)(C)C)CC2. The van der Waals surface area contributed by atoms with Crippen LogP contribution in [0.1, 0.15) is 54.9 Å². The van der Waals surface area contributed by atoms with E-state index in [1.807, 2.05) is 34.0 Å². The lowest BCUT2D eigenvalue weighted by Crippen LogP contribution is -2.52. The Balaban J connectivity index is 2.30. The fourth-order valence-corrected chi connectivity index (χ4v) is 4.92. The third kappa shape index (κ3) is 3.72. The highest BCUT2D eigenvalue weighted by atomic mass is 32.2. The Bertz CT molecular complexity index is 662. The van der Waals surface area contributed by atoms with Gasteiger partial charge in [0.05, 0.1) is 4.21 Å². The molecule has 1 aliphatic carbocycles. The van der Waals surface area contributed by atoms with Crippen LogP contribution in [0.25, 0.3) is 0 Å². The predicted octanol–water partition coefficient (Wildman–Crippen LogP) is 4.28. The number of thioether (sulfide) groups is 1. The topological polar surface area (TPSA) is 66.8 Å². The van der Waals surface area contributed by atoms with E-state index < -0.39 is 11.6 Å². The lowest BCUT2D eigenvalue weighted by atomic mass is 9.79. The second-order valence-corrected chi connectivity index (χ2v) is 9.49. The second-order valence-electron chi connectivity index (χ2n) is 7.40. The Morgan fingerprint density at radius 1 is 1.33 bits per heavy atom. The van der Waals surface area contributed by atoms with E-state index in [-0.39, 0.29) is 11.6 Å². The zero-order valence-electron chi connectivity index (χ0n) is 15.1. The van der Waals surface area contributed by atoms with Gasteiger partial charge >= 0.3 is 12.1 Å². The molecule has 1 aliphatic rings. The molecule has 1 unspecified atom stereocenters. The van der Waals surface area contributed by atoms with E-state index in [2.05, 4.69) is 0 Å². The van der Waals surface area contributed by atoms with Gasteiger partial charge in [-0.15, -0.1) is 23.1 Å². The van der Waals surface area contributed by atoms with Crippen molar-refractivity contribution < 1.29 is 19.4 Å². The van der Waals surface area contributed by atoms with Crippen LogP contribution in [0.5, 0.6) is 0 Å². The quantitative estimate of drug-likeness (QED) is 0.803. The average molecular weight is 372 g/mol. The molecule has 1 N–H and O–H groups in total. The minimum Gasteiger partial charge on any atom is -0.477 e. The van der Waals surface area contributed by atoms with Gasteiger partial charge in [-0.1, -0.05) is 0 Å². The van der Waals surface area contributed by atoms with E-state index in [0.717, 1.165) is 21.8 Å². The molecule has 0 bridgehead atoms. The maximum atomic E-state index is 12.5. The molecule has 7 heteroatoms. The summed E-state index contributed by atoms with van der Waals surface area (Å²) in [6, 6.07) is 0. The number of likely N-dealkylation sites (N-methyl/N-ethyl adjacent to an activating group) is 1. The fraction of sp³-hybridized carbons (Fsp3) is 0.647. The molecule has 0 aromatic carbocycles. The summed E-state index contributed by atoms with van der Waals surface area (Å²) >= 11 is 2.92. The largest absolute Gasteiger partial charge is 0.477 e. The number of carbonyl (C=O) groups excluding carboxylic acids is 1. The highest BCUT2D eigenvalue weighted by Crippen LogP contribution is 2.43. The van der Waals surface area contributed by atoms with E-state index in [9.17, 15) is 14.7 Å². The predicted molar refractivity (Wildman–Crippen MR) is 97.5 cm³/mol. The lowest BCUT2D eigenvalue weighted by Gasteiger charge is -2.42. The molecule has 1 amide bonds. The van der Waals surface area contributed by atoms with Crippen molar-refractivity contribution in [2.45, 2.75) is 62.3 Å². The Morgan fingerprint density at radius 2 is 1.96 bits per heavy atom. The first-order valence-corrected chi connectivity index (χ1v) is 9.91. The first-order chi connectivity index (χ1) is 11.0. The van der Waals surface area contributed by atoms with Gasteiger partial charge in [0.2, 0.25) is 0 Å². The molecule has 24 heavy (non-hydrogen) atoms. The molecule has 0 spiro atoms. The van der Waals surface area contributed by atoms with E-state index in [1.54, 1.807) is 23.7 Å². The standard InChI is InChI=1S/C17H25NO4S2/c1-16(2,3)22-15(21)18(5)17(4)8-7-10-11(9-17)14(23-6)24-12(10)13(19)20/h7-9H2,1-6H3,(H,19,20). The number of thiophene rings is 1. The van der Waals surface area contributed by atoms with Crippen LogP contribution in [0.15, 0.2) is 4.21 Å². The van der Waals surface area contributed by atoms with Crippen molar-refractivity contribution >= 4 is 35.2 Å². The van der Waals surface area contributed by atoms with E-state index in [1.165, 1.54) is 11.3 Å². The van der Waals surface area contributed by atoms with Crippen molar-refractivity contribution in [2.75, 3.05) is 13.3 Å². The second kappa shape index (κ2) is 6.59. The monoisotopic (exact) mass is 371 g/mol. The van der Waals surface area contributed by atoms with Gasteiger partial charge in [-0.3, -0.25) is 0 Å². The number of rotatable bonds is 3. The normalized spacial score (nSPS) is 20.4. The van der Waals surface area contributed by atoms with E-state index in [4.69, 9.17) is 4.74 Å². The molecule has 0 saturated heterocycles. The number of nitrogens with zero attached hydrogens (tertiary/aromatic N) is 1. The Labute approximate surface area is 151 Å². The molecular formula is C17H25NO4S2. The molecule has 134 valence electrons. The van der Waals surface area contributed by atoms with Crippen LogP contribution < -0.4 is 0 Å². The Hall–Kier alpha value is -1.21. The highest BCUT2D eigenvalue weighted by molar-refractivity contribution is 8.00. The van der Waals surface area contributed by atoms with Gasteiger partial charge in [0.1, 0.15) is 10.5 Å². The van der Waals surface area contributed by atoms with Crippen molar-refractivity contribution in [1.82, 2.24) is 4.90 Å². The van der Waals surface area contributed by atoms with Gasteiger partial charge in [0, 0.05) is 12.6 Å². The summed E-state index contributed by atoms with van der Waals surface area (Å²) in [4.78, 5) is 26.0. The summed E-state index contributed by atoms with van der Waals surface area (Å²) in [7, 11) is 1.77. The Kier molecular flexibility index (Phi) is 5.25. The van der Waals surface area contributed by atoms with Crippen molar-refractivity contribution in [2.24, 2.45) is 0 Å². The molecule has 0 fully saturated rings. The summed E-state index contributed by atoms with van der Waals surface area (Å²) in [6.07, 6.45) is 3.66. The first kappa shape index (κ1) is 19.1. The van der Waals surface area contributed by atoms with Crippen LogP contribution in [0.4, 0.5) is 4.79 Å². The molecule has 0 aliphatic heterocycles. The van der Waals surface area contributed by atoms with Crippen LogP contribution >= 0.6 is 23.1 Å².